The molecule has 0 amide bonds. The minimum atomic E-state index is -0.575. The van der Waals surface area contributed by atoms with Gasteiger partial charge in [0.1, 0.15) is 6.10 Å². The molecule has 1 aromatic heterocycles. The maximum absolute atomic E-state index is 10.9. The molecule has 0 spiro atoms. The van der Waals surface area contributed by atoms with Gasteiger partial charge in [-0.2, -0.15) is 0 Å². The van der Waals surface area contributed by atoms with Crippen molar-refractivity contribution < 1.29 is 5.11 Å². The van der Waals surface area contributed by atoms with Crippen molar-refractivity contribution in [1.82, 2.24) is 0 Å². The standard InChI is InChI=1S/C18H17BrOS/c1-10-7-11(2)16(12(3)8-10)17(20)14-9-21-18-13(14)5-4-6-15(18)19/h4-9,17,20H,1-3H3. The number of rotatable bonds is 2. The first-order valence-corrected chi connectivity index (χ1v) is 8.57. The molecule has 0 saturated heterocycles. The van der Waals surface area contributed by atoms with Gasteiger partial charge in [-0.25, -0.2) is 0 Å². The van der Waals surface area contributed by atoms with Crippen molar-refractivity contribution in [3.63, 3.8) is 0 Å². The van der Waals surface area contributed by atoms with E-state index >= 15 is 0 Å². The highest BCUT2D eigenvalue weighted by atomic mass is 79.9. The summed E-state index contributed by atoms with van der Waals surface area (Å²) in [7, 11) is 0. The van der Waals surface area contributed by atoms with Crippen LogP contribution in [0.25, 0.3) is 10.1 Å². The molecule has 1 heterocycles. The van der Waals surface area contributed by atoms with Crippen LogP contribution < -0.4 is 0 Å². The average Bonchev–Trinajstić information content (AvgIpc) is 2.82. The molecule has 1 N–H and O–H groups in total. The Bertz CT molecular complexity index is 796. The predicted molar refractivity (Wildman–Crippen MR) is 94.2 cm³/mol. The minimum Gasteiger partial charge on any atom is -0.384 e. The van der Waals surface area contributed by atoms with Crippen LogP contribution >= 0.6 is 27.3 Å². The molecule has 0 aliphatic rings. The molecule has 3 heteroatoms. The molecule has 3 rings (SSSR count). The van der Waals surface area contributed by atoms with Crippen LogP contribution in [0.2, 0.25) is 0 Å². The molecule has 0 aliphatic carbocycles. The Morgan fingerprint density at radius 2 is 1.76 bits per heavy atom. The summed E-state index contributed by atoms with van der Waals surface area (Å²) in [6, 6.07) is 10.4. The van der Waals surface area contributed by atoms with Crippen LogP contribution in [0.1, 0.15) is 33.9 Å². The van der Waals surface area contributed by atoms with Crippen LogP contribution in [0.3, 0.4) is 0 Å². The van der Waals surface area contributed by atoms with Crippen molar-refractivity contribution >= 4 is 37.4 Å². The van der Waals surface area contributed by atoms with Gasteiger partial charge >= 0.3 is 0 Å². The molecule has 0 radical (unpaired) electrons. The van der Waals surface area contributed by atoms with E-state index in [-0.39, 0.29) is 0 Å². The summed E-state index contributed by atoms with van der Waals surface area (Å²) < 4.78 is 2.27. The van der Waals surface area contributed by atoms with Crippen molar-refractivity contribution in [2.45, 2.75) is 26.9 Å². The molecule has 2 aromatic carbocycles. The zero-order valence-electron chi connectivity index (χ0n) is 12.3. The van der Waals surface area contributed by atoms with Gasteiger partial charge in [0.25, 0.3) is 0 Å². The van der Waals surface area contributed by atoms with Gasteiger partial charge in [-0.05, 0) is 70.2 Å². The second-order valence-corrected chi connectivity index (χ2v) is 7.26. The lowest BCUT2D eigenvalue weighted by Crippen LogP contribution is -2.04. The smallest absolute Gasteiger partial charge is 0.106 e. The van der Waals surface area contributed by atoms with Gasteiger partial charge in [-0.1, -0.05) is 29.8 Å². The zero-order chi connectivity index (χ0) is 15.1. The second kappa shape index (κ2) is 5.56. The fourth-order valence-corrected chi connectivity index (χ4v) is 4.67. The third kappa shape index (κ3) is 2.54. The molecule has 3 aromatic rings. The van der Waals surface area contributed by atoms with E-state index in [1.165, 1.54) is 10.3 Å². The lowest BCUT2D eigenvalue weighted by molar-refractivity contribution is 0.220. The maximum Gasteiger partial charge on any atom is 0.106 e. The fraction of sp³-hybridized carbons (Fsp3) is 0.222. The first-order valence-electron chi connectivity index (χ1n) is 6.90. The van der Waals surface area contributed by atoms with E-state index in [9.17, 15) is 5.11 Å². The quantitative estimate of drug-likeness (QED) is 0.623. The highest BCUT2D eigenvalue weighted by molar-refractivity contribution is 9.10. The molecule has 0 aliphatic heterocycles. The van der Waals surface area contributed by atoms with Crippen LogP contribution in [0.5, 0.6) is 0 Å². The molecular formula is C18H17BrOS. The van der Waals surface area contributed by atoms with Gasteiger partial charge in [0.2, 0.25) is 0 Å². The fourth-order valence-electron chi connectivity index (χ4n) is 3.03. The maximum atomic E-state index is 10.9. The number of hydrogen-bond donors (Lipinski definition) is 1. The normalized spacial score (nSPS) is 12.8. The van der Waals surface area contributed by atoms with Crippen LogP contribution in [0.15, 0.2) is 40.2 Å². The Morgan fingerprint density at radius 3 is 2.43 bits per heavy atom. The lowest BCUT2D eigenvalue weighted by atomic mass is 9.92. The average molecular weight is 361 g/mol. The van der Waals surface area contributed by atoms with E-state index < -0.39 is 6.10 Å². The predicted octanol–water partition coefficient (Wildman–Crippen LogP) is 5.67. The van der Waals surface area contributed by atoms with Crippen molar-refractivity contribution in [1.29, 1.82) is 0 Å². The van der Waals surface area contributed by atoms with Crippen LogP contribution in [0, 0.1) is 20.8 Å². The largest absolute Gasteiger partial charge is 0.384 e. The monoisotopic (exact) mass is 360 g/mol. The first kappa shape index (κ1) is 14.8. The summed E-state index contributed by atoms with van der Waals surface area (Å²) in [4.78, 5) is 0. The third-order valence-electron chi connectivity index (χ3n) is 3.89. The molecule has 0 fully saturated rings. The Balaban J connectivity index is 2.18. The molecule has 21 heavy (non-hydrogen) atoms. The zero-order valence-corrected chi connectivity index (χ0v) is 14.7. The second-order valence-electron chi connectivity index (χ2n) is 5.52. The van der Waals surface area contributed by atoms with E-state index in [0.29, 0.717) is 0 Å². The van der Waals surface area contributed by atoms with E-state index in [1.807, 2.05) is 12.1 Å². The number of aliphatic hydroxyl groups is 1. The minimum absolute atomic E-state index is 0.575. The number of thiophene rings is 1. The Morgan fingerprint density at radius 1 is 1.10 bits per heavy atom. The van der Waals surface area contributed by atoms with Crippen molar-refractivity contribution in [3.05, 3.63) is 68.0 Å². The van der Waals surface area contributed by atoms with Crippen LogP contribution in [-0.4, -0.2) is 5.11 Å². The summed E-state index contributed by atoms with van der Waals surface area (Å²) in [6.45, 7) is 6.24. The Labute approximate surface area is 137 Å². The van der Waals surface area contributed by atoms with Crippen LogP contribution in [0.4, 0.5) is 0 Å². The topological polar surface area (TPSA) is 20.2 Å². The van der Waals surface area contributed by atoms with E-state index in [2.05, 4.69) is 60.3 Å². The van der Waals surface area contributed by atoms with Gasteiger partial charge in [0.05, 0.1) is 0 Å². The molecule has 0 saturated carbocycles. The first-order chi connectivity index (χ1) is 9.99. The third-order valence-corrected chi connectivity index (χ3v) is 5.86. The number of fused-ring (bicyclic) bond motifs is 1. The highest BCUT2D eigenvalue weighted by Crippen LogP contribution is 2.38. The van der Waals surface area contributed by atoms with E-state index in [4.69, 9.17) is 0 Å². The van der Waals surface area contributed by atoms with Crippen molar-refractivity contribution in [2.75, 3.05) is 0 Å². The summed E-state index contributed by atoms with van der Waals surface area (Å²) >= 11 is 5.25. The van der Waals surface area contributed by atoms with E-state index in [1.54, 1.807) is 11.3 Å². The van der Waals surface area contributed by atoms with Crippen molar-refractivity contribution in [3.8, 4) is 0 Å². The number of aryl methyl sites for hydroxylation is 3. The van der Waals surface area contributed by atoms with Gasteiger partial charge < -0.3 is 5.11 Å². The van der Waals surface area contributed by atoms with Gasteiger partial charge in [0, 0.05) is 14.7 Å². The van der Waals surface area contributed by atoms with Crippen LogP contribution in [-0.2, 0) is 0 Å². The van der Waals surface area contributed by atoms with Gasteiger partial charge in [-0.15, -0.1) is 11.3 Å². The SMILES string of the molecule is Cc1cc(C)c(C(O)c2csc3c(Br)cccc23)c(C)c1. The lowest BCUT2D eigenvalue weighted by Gasteiger charge is -2.17. The molecule has 108 valence electrons. The van der Waals surface area contributed by atoms with E-state index in [0.717, 1.165) is 32.1 Å². The summed E-state index contributed by atoms with van der Waals surface area (Å²) in [5.74, 6) is 0. The molecule has 0 bridgehead atoms. The number of benzene rings is 2. The number of hydrogen-bond acceptors (Lipinski definition) is 2. The van der Waals surface area contributed by atoms with Gasteiger partial charge in [0.15, 0.2) is 0 Å². The Hall–Kier alpha value is -1.16. The number of aliphatic hydroxyl groups excluding tert-OH is 1. The molecule has 1 atom stereocenters. The summed E-state index contributed by atoms with van der Waals surface area (Å²) in [5, 5.41) is 14.1. The highest BCUT2D eigenvalue weighted by Gasteiger charge is 2.19. The number of halogens is 1. The Kier molecular flexibility index (Phi) is 3.91. The summed E-state index contributed by atoms with van der Waals surface area (Å²) in [6.07, 6.45) is -0.575. The van der Waals surface area contributed by atoms with Gasteiger partial charge in [-0.3, -0.25) is 0 Å². The molecular weight excluding hydrogens is 344 g/mol. The summed E-state index contributed by atoms with van der Waals surface area (Å²) in [5.41, 5.74) is 5.55. The molecule has 1 nitrogen and oxygen atoms in total. The van der Waals surface area contributed by atoms with Crippen molar-refractivity contribution in [2.24, 2.45) is 0 Å². The molecule has 1 unspecified atom stereocenters.